The van der Waals surface area contributed by atoms with Gasteiger partial charge in [-0.2, -0.15) is 0 Å². The Balaban J connectivity index is 2.19. The number of rotatable bonds is 4. The Hall–Kier alpha value is -2.24. The largest absolute Gasteiger partial charge is 0.296 e. The summed E-state index contributed by atoms with van der Waals surface area (Å²) < 4.78 is 0. The lowest BCUT2D eigenvalue weighted by Gasteiger charge is -2.21. The highest BCUT2D eigenvalue weighted by molar-refractivity contribution is 7.80. The van der Waals surface area contributed by atoms with Crippen LogP contribution in [-0.4, -0.2) is 13.3 Å². The predicted octanol–water partition coefficient (Wildman–Crippen LogP) is 3.49. The highest BCUT2D eigenvalue weighted by Crippen LogP contribution is 2.33. The molecule has 0 radical (unpaired) electrons. The first-order valence-electron chi connectivity index (χ1n) is 7.31. The number of benzene rings is 3. The summed E-state index contributed by atoms with van der Waals surface area (Å²) in [6.45, 7) is 0. The normalized spacial score (nSPS) is 11.2. The van der Waals surface area contributed by atoms with E-state index in [1.54, 1.807) is 0 Å². The van der Waals surface area contributed by atoms with E-state index in [1.807, 2.05) is 13.3 Å². The summed E-state index contributed by atoms with van der Waals surface area (Å²) in [4.78, 5) is 4.22. The van der Waals surface area contributed by atoms with E-state index >= 15 is 0 Å². The van der Waals surface area contributed by atoms with Crippen molar-refractivity contribution in [2.75, 3.05) is 7.05 Å². The molecule has 22 heavy (non-hydrogen) atoms. The molecule has 0 bridgehead atoms. The second kappa shape index (κ2) is 7.15. The fraction of sp³-hybridized carbons (Fsp3) is 0.0500. The summed E-state index contributed by atoms with van der Waals surface area (Å²) >= 11 is 0. The Bertz CT molecular complexity index is 711. The Morgan fingerprint density at radius 1 is 0.682 bits per heavy atom. The SMILES string of the molecule is CN=Cc1ccccc1P(c1ccccc1)c1ccccc1. The average Bonchev–Trinajstić information content (AvgIpc) is 2.59. The molecule has 0 aliphatic rings. The van der Waals surface area contributed by atoms with Gasteiger partial charge in [0.15, 0.2) is 0 Å². The quantitative estimate of drug-likeness (QED) is 0.517. The number of hydrogen-bond acceptors (Lipinski definition) is 1. The van der Waals surface area contributed by atoms with Crippen LogP contribution in [-0.2, 0) is 0 Å². The first kappa shape index (κ1) is 14.7. The van der Waals surface area contributed by atoms with Crippen LogP contribution in [0.2, 0.25) is 0 Å². The molecule has 0 saturated heterocycles. The topological polar surface area (TPSA) is 12.4 Å². The Labute approximate surface area is 133 Å². The van der Waals surface area contributed by atoms with Crippen LogP contribution in [0.15, 0.2) is 89.9 Å². The van der Waals surface area contributed by atoms with Crippen molar-refractivity contribution in [3.8, 4) is 0 Å². The lowest BCUT2D eigenvalue weighted by Crippen LogP contribution is -2.23. The van der Waals surface area contributed by atoms with Gasteiger partial charge in [0.25, 0.3) is 0 Å². The van der Waals surface area contributed by atoms with E-state index in [-0.39, 0.29) is 0 Å². The van der Waals surface area contributed by atoms with Gasteiger partial charge >= 0.3 is 0 Å². The predicted molar refractivity (Wildman–Crippen MR) is 98.7 cm³/mol. The minimum atomic E-state index is -0.570. The maximum Gasteiger partial charge on any atom is 0.0288 e. The lowest BCUT2D eigenvalue weighted by molar-refractivity contribution is 1.47. The maximum absolute atomic E-state index is 4.22. The van der Waals surface area contributed by atoms with Crippen LogP contribution in [0.3, 0.4) is 0 Å². The Morgan fingerprint density at radius 2 is 1.18 bits per heavy atom. The standard InChI is InChI=1S/C20H18NP/c1-21-16-17-10-8-9-15-20(17)22(18-11-4-2-5-12-18)19-13-6-3-7-14-19/h2-16H,1H3. The molecular weight excluding hydrogens is 285 g/mol. The van der Waals surface area contributed by atoms with Crippen molar-refractivity contribution in [2.24, 2.45) is 4.99 Å². The van der Waals surface area contributed by atoms with Crippen molar-refractivity contribution in [2.45, 2.75) is 0 Å². The van der Waals surface area contributed by atoms with E-state index < -0.39 is 7.92 Å². The average molecular weight is 303 g/mol. The monoisotopic (exact) mass is 303 g/mol. The Kier molecular flexibility index (Phi) is 4.78. The van der Waals surface area contributed by atoms with Crippen LogP contribution < -0.4 is 15.9 Å². The van der Waals surface area contributed by atoms with Gasteiger partial charge in [0.2, 0.25) is 0 Å². The number of aliphatic imine (C=N–C) groups is 1. The first-order valence-corrected chi connectivity index (χ1v) is 8.66. The maximum atomic E-state index is 4.22. The highest BCUT2D eigenvalue weighted by Gasteiger charge is 2.18. The molecule has 0 aliphatic carbocycles. The Morgan fingerprint density at radius 3 is 1.73 bits per heavy atom. The van der Waals surface area contributed by atoms with Crippen molar-refractivity contribution in [1.29, 1.82) is 0 Å². The van der Waals surface area contributed by atoms with Crippen molar-refractivity contribution in [1.82, 2.24) is 0 Å². The van der Waals surface area contributed by atoms with Crippen LogP contribution in [0.5, 0.6) is 0 Å². The summed E-state index contributed by atoms with van der Waals surface area (Å²) in [7, 11) is 1.25. The number of hydrogen-bond donors (Lipinski definition) is 0. The van der Waals surface area contributed by atoms with Gasteiger partial charge < -0.3 is 0 Å². The van der Waals surface area contributed by atoms with E-state index in [9.17, 15) is 0 Å². The molecule has 0 saturated carbocycles. The minimum absolute atomic E-state index is 0.570. The zero-order valence-electron chi connectivity index (χ0n) is 12.6. The third-order valence-electron chi connectivity index (χ3n) is 3.47. The van der Waals surface area contributed by atoms with Crippen molar-refractivity contribution in [3.63, 3.8) is 0 Å². The molecular formula is C20H18NP. The van der Waals surface area contributed by atoms with Crippen molar-refractivity contribution in [3.05, 3.63) is 90.5 Å². The number of nitrogens with zero attached hydrogens (tertiary/aromatic N) is 1. The summed E-state index contributed by atoms with van der Waals surface area (Å²) in [5.74, 6) is 0. The van der Waals surface area contributed by atoms with Gasteiger partial charge in [-0.25, -0.2) is 0 Å². The van der Waals surface area contributed by atoms with Crippen LogP contribution >= 0.6 is 7.92 Å². The molecule has 3 aromatic rings. The summed E-state index contributed by atoms with van der Waals surface area (Å²) in [6, 6.07) is 30.0. The van der Waals surface area contributed by atoms with Crippen LogP contribution in [0.1, 0.15) is 5.56 Å². The molecule has 108 valence electrons. The molecule has 1 nitrogen and oxygen atoms in total. The van der Waals surface area contributed by atoms with Gasteiger partial charge in [-0.15, -0.1) is 0 Å². The molecule has 0 aromatic heterocycles. The van der Waals surface area contributed by atoms with Crippen LogP contribution in [0, 0.1) is 0 Å². The third-order valence-corrected chi connectivity index (χ3v) is 5.99. The molecule has 0 spiro atoms. The zero-order valence-corrected chi connectivity index (χ0v) is 13.4. The molecule has 0 unspecified atom stereocenters. The van der Waals surface area contributed by atoms with E-state index in [0.29, 0.717) is 0 Å². The van der Waals surface area contributed by atoms with Gasteiger partial charge in [0, 0.05) is 18.8 Å². The molecule has 0 atom stereocenters. The second-order valence-corrected chi connectivity index (χ2v) is 7.14. The van der Waals surface area contributed by atoms with Gasteiger partial charge in [-0.1, -0.05) is 84.9 Å². The molecule has 3 aromatic carbocycles. The molecule has 0 aliphatic heterocycles. The van der Waals surface area contributed by atoms with Crippen LogP contribution in [0.4, 0.5) is 0 Å². The van der Waals surface area contributed by atoms with E-state index in [1.165, 1.54) is 21.5 Å². The molecule has 0 N–H and O–H groups in total. The lowest BCUT2D eigenvalue weighted by atomic mass is 10.2. The van der Waals surface area contributed by atoms with Crippen molar-refractivity contribution >= 4 is 30.0 Å². The van der Waals surface area contributed by atoms with Gasteiger partial charge in [-0.3, -0.25) is 4.99 Å². The third kappa shape index (κ3) is 3.16. The molecule has 2 heteroatoms. The fourth-order valence-corrected chi connectivity index (χ4v) is 4.94. The summed E-state index contributed by atoms with van der Waals surface area (Å²) in [5, 5.41) is 4.07. The molecule has 3 rings (SSSR count). The minimum Gasteiger partial charge on any atom is -0.296 e. The smallest absolute Gasteiger partial charge is 0.0288 e. The van der Waals surface area contributed by atoms with Gasteiger partial charge in [0.1, 0.15) is 0 Å². The first-order chi connectivity index (χ1) is 10.9. The van der Waals surface area contributed by atoms with Crippen LogP contribution in [0.25, 0.3) is 0 Å². The second-order valence-electron chi connectivity index (χ2n) is 4.95. The summed E-state index contributed by atoms with van der Waals surface area (Å²) in [6.07, 6.45) is 1.95. The molecule has 0 heterocycles. The summed E-state index contributed by atoms with van der Waals surface area (Å²) in [5.41, 5.74) is 1.20. The fourth-order valence-electron chi connectivity index (χ4n) is 2.52. The van der Waals surface area contributed by atoms with E-state index in [2.05, 4.69) is 89.9 Å². The van der Waals surface area contributed by atoms with Crippen molar-refractivity contribution < 1.29 is 0 Å². The highest BCUT2D eigenvalue weighted by atomic mass is 31.1. The zero-order chi connectivity index (χ0) is 15.2. The van der Waals surface area contributed by atoms with Gasteiger partial charge in [-0.05, 0) is 23.8 Å². The van der Waals surface area contributed by atoms with E-state index in [4.69, 9.17) is 0 Å². The van der Waals surface area contributed by atoms with E-state index in [0.717, 1.165) is 0 Å². The van der Waals surface area contributed by atoms with Gasteiger partial charge in [0.05, 0.1) is 0 Å². The molecule has 0 amide bonds. The molecule has 0 fully saturated rings.